The van der Waals surface area contributed by atoms with Crippen LogP contribution >= 0.6 is 11.3 Å². The van der Waals surface area contributed by atoms with Crippen molar-refractivity contribution in [2.45, 2.75) is 26.2 Å². The quantitative estimate of drug-likeness (QED) is 0.781. The number of carbonyl (C=O) groups is 2. The summed E-state index contributed by atoms with van der Waals surface area (Å²) < 4.78 is 5.05. The van der Waals surface area contributed by atoms with E-state index in [-0.39, 0.29) is 22.7 Å². The smallest absolute Gasteiger partial charge is 0.343 e. The lowest BCUT2D eigenvalue weighted by Gasteiger charge is -2.30. The number of thiophene rings is 1. The second-order valence-electron chi connectivity index (χ2n) is 5.29. The van der Waals surface area contributed by atoms with E-state index in [9.17, 15) is 9.59 Å². The number of primary amides is 1. The zero-order chi connectivity index (χ0) is 15.6. The summed E-state index contributed by atoms with van der Waals surface area (Å²) in [5.41, 5.74) is 11.7. The van der Waals surface area contributed by atoms with Gasteiger partial charge in [0.1, 0.15) is 15.4 Å². The van der Waals surface area contributed by atoms with Crippen molar-refractivity contribution >= 4 is 33.9 Å². The van der Waals surface area contributed by atoms with Gasteiger partial charge in [-0.15, -0.1) is 11.3 Å². The highest BCUT2D eigenvalue weighted by molar-refractivity contribution is 7.19. The summed E-state index contributed by atoms with van der Waals surface area (Å²) in [4.78, 5) is 25.8. The van der Waals surface area contributed by atoms with E-state index in [4.69, 9.17) is 16.2 Å². The Morgan fingerprint density at radius 2 is 2.10 bits per heavy atom. The van der Waals surface area contributed by atoms with E-state index in [1.807, 2.05) is 11.9 Å². The molecule has 0 saturated heterocycles. The standard InChI is InChI=1S/C14H21N3O3S/c1-3-20-14(19)9-10(15)11(12(16)18)21-13(9)17(2)7-8-5-4-6-8/h8H,3-7,15H2,1-2H3,(H2,16,18). The minimum Gasteiger partial charge on any atom is -0.462 e. The third kappa shape index (κ3) is 3.12. The molecule has 0 bridgehead atoms. The van der Waals surface area contributed by atoms with Crippen LogP contribution in [0.25, 0.3) is 0 Å². The number of rotatable bonds is 6. The van der Waals surface area contributed by atoms with Gasteiger partial charge in [0.05, 0.1) is 12.3 Å². The van der Waals surface area contributed by atoms with Gasteiger partial charge in [0.15, 0.2) is 0 Å². The van der Waals surface area contributed by atoms with E-state index in [0.29, 0.717) is 10.9 Å². The van der Waals surface area contributed by atoms with E-state index >= 15 is 0 Å². The first-order valence-electron chi connectivity index (χ1n) is 7.06. The van der Waals surface area contributed by atoms with Gasteiger partial charge in [0.25, 0.3) is 5.91 Å². The normalized spacial score (nSPS) is 14.6. The monoisotopic (exact) mass is 311 g/mol. The Morgan fingerprint density at radius 1 is 1.43 bits per heavy atom. The Bertz CT molecular complexity index is 552. The van der Waals surface area contributed by atoms with Crippen LogP contribution in [0.5, 0.6) is 0 Å². The van der Waals surface area contributed by atoms with Crippen molar-refractivity contribution in [1.29, 1.82) is 0 Å². The van der Waals surface area contributed by atoms with Crippen LogP contribution in [-0.2, 0) is 4.74 Å². The van der Waals surface area contributed by atoms with Gasteiger partial charge in [-0.3, -0.25) is 4.79 Å². The summed E-state index contributed by atoms with van der Waals surface area (Å²) in [5.74, 6) is -0.494. The molecule has 7 heteroatoms. The fourth-order valence-electron chi connectivity index (χ4n) is 2.43. The van der Waals surface area contributed by atoms with Gasteiger partial charge in [-0.2, -0.15) is 0 Å². The number of hydrogen-bond acceptors (Lipinski definition) is 6. The molecule has 21 heavy (non-hydrogen) atoms. The van der Waals surface area contributed by atoms with Crippen molar-refractivity contribution in [2.75, 3.05) is 30.8 Å². The number of amides is 1. The first kappa shape index (κ1) is 15.6. The molecule has 1 aromatic heterocycles. The van der Waals surface area contributed by atoms with E-state index in [2.05, 4.69) is 0 Å². The number of esters is 1. The van der Waals surface area contributed by atoms with Gasteiger partial charge in [-0.05, 0) is 25.7 Å². The van der Waals surface area contributed by atoms with Crippen molar-refractivity contribution in [3.05, 3.63) is 10.4 Å². The van der Waals surface area contributed by atoms with Gasteiger partial charge in [0.2, 0.25) is 0 Å². The molecule has 4 N–H and O–H groups in total. The minimum absolute atomic E-state index is 0.126. The lowest BCUT2D eigenvalue weighted by Crippen LogP contribution is -2.29. The topological polar surface area (TPSA) is 98.6 Å². The average molecular weight is 311 g/mol. The van der Waals surface area contributed by atoms with Gasteiger partial charge < -0.3 is 21.1 Å². The Balaban J connectivity index is 2.34. The van der Waals surface area contributed by atoms with Crippen molar-refractivity contribution < 1.29 is 14.3 Å². The van der Waals surface area contributed by atoms with Crippen LogP contribution in [0.2, 0.25) is 0 Å². The number of nitrogens with two attached hydrogens (primary N) is 2. The van der Waals surface area contributed by atoms with Crippen molar-refractivity contribution in [1.82, 2.24) is 0 Å². The summed E-state index contributed by atoms with van der Waals surface area (Å²) >= 11 is 1.16. The summed E-state index contributed by atoms with van der Waals surface area (Å²) in [6.45, 7) is 2.82. The molecule has 1 aliphatic carbocycles. The van der Waals surface area contributed by atoms with Gasteiger partial charge in [-0.25, -0.2) is 4.79 Å². The van der Waals surface area contributed by atoms with E-state index < -0.39 is 11.9 Å². The summed E-state index contributed by atoms with van der Waals surface area (Å²) in [6, 6.07) is 0. The molecule has 0 aliphatic heterocycles. The second kappa shape index (κ2) is 6.34. The van der Waals surface area contributed by atoms with Gasteiger partial charge in [0, 0.05) is 13.6 Å². The second-order valence-corrected chi connectivity index (χ2v) is 6.29. The number of ether oxygens (including phenoxy) is 1. The fourth-order valence-corrected chi connectivity index (χ4v) is 3.46. The van der Waals surface area contributed by atoms with Crippen LogP contribution in [0.4, 0.5) is 10.7 Å². The Hall–Kier alpha value is -1.76. The fraction of sp³-hybridized carbons (Fsp3) is 0.571. The van der Waals surface area contributed by atoms with Crippen molar-refractivity contribution in [3.8, 4) is 0 Å². The molecule has 1 heterocycles. The molecule has 6 nitrogen and oxygen atoms in total. The van der Waals surface area contributed by atoms with Crippen LogP contribution in [-0.4, -0.2) is 32.1 Å². The molecule has 1 aromatic rings. The molecule has 0 unspecified atom stereocenters. The van der Waals surface area contributed by atoms with Crippen LogP contribution in [0.3, 0.4) is 0 Å². The maximum absolute atomic E-state index is 12.1. The highest BCUT2D eigenvalue weighted by Crippen LogP contribution is 2.39. The zero-order valence-corrected chi connectivity index (χ0v) is 13.2. The Labute approximate surface area is 128 Å². The molecular weight excluding hydrogens is 290 g/mol. The summed E-state index contributed by atoms with van der Waals surface area (Å²) in [5, 5.41) is 0.659. The third-order valence-corrected chi connectivity index (χ3v) is 5.07. The lowest BCUT2D eigenvalue weighted by molar-refractivity contribution is 0.0529. The Morgan fingerprint density at radius 3 is 2.57 bits per heavy atom. The molecule has 0 spiro atoms. The van der Waals surface area contributed by atoms with E-state index in [1.165, 1.54) is 19.3 Å². The molecular formula is C14H21N3O3S. The molecule has 0 aromatic carbocycles. The number of hydrogen-bond donors (Lipinski definition) is 2. The molecule has 1 saturated carbocycles. The maximum atomic E-state index is 12.1. The highest BCUT2D eigenvalue weighted by Gasteiger charge is 2.29. The first-order chi connectivity index (χ1) is 9.95. The van der Waals surface area contributed by atoms with Crippen molar-refractivity contribution in [2.24, 2.45) is 11.7 Å². The van der Waals surface area contributed by atoms with Gasteiger partial charge >= 0.3 is 5.97 Å². The summed E-state index contributed by atoms with van der Waals surface area (Å²) in [7, 11) is 1.90. The van der Waals surface area contributed by atoms with Crippen LogP contribution in [0.1, 0.15) is 46.2 Å². The molecule has 116 valence electrons. The number of anilines is 2. The molecule has 0 atom stereocenters. The molecule has 1 amide bonds. The number of carbonyl (C=O) groups excluding carboxylic acids is 2. The zero-order valence-electron chi connectivity index (χ0n) is 12.3. The van der Waals surface area contributed by atoms with Crippen LogP contribution in [0, 0.1) is 5.92 Å². The molecule has 2 rings (SSSR count). The predicted molar refractivity (Wildman–Crippen MR) is 83.8 cm³/mol. The van der Waals surface area contributed by atoms with E-state index in [0.717, 1.165) is 17.9 Å². The Kier molecular flexibility index (Phi) is 4.72. The average Bonchev–Trinajstić information content (AvgIpc) is 2.72. The van der Waals surface area contributed by atoms with Crippen LogP contribution in [0.15, 0.2) is 0 Å². The highest BCUT2D eigenvalue weighted by atomic mass is 32.1. The summed E-state index contributed by atoms with van der Waals surface area (Å²) in [6.07, 6.45) is 3.65. The number of nitrogens with zero attached hydrogens (tertiary/aromatic N) is 1. The lowest BCUT2D eigenvalue weighted by atomic mass is 9.85. The first-order valence-corrected chi connectivity index (χ1v) is 7.87. The number of nitrogen functional groups attached to an aromatic ring is 1. The maximum Gasteiger partial charge on any atom is 0.343 e. The molecule has 0 radical (unpaired) electrons. The largest absolute Gasteiger partial charge is 0.462 e. The van der Waals surface area contributed by atoms with Gasteiger partial charge in [-0.1, -0.05) is 6.42 Å². The molecule has 1 aliphatic rings. The predicted octanol–water partition coefficient (Wildman–Crippen LogP) is 1.84. The van der Waals surface area contributed by atoms with Crippen LogP contribution < -0.4 is 16.4 Å². The molecule has 1 fully saturated rings. The van der Waals surface area contributed by atoms with E-state index in [1.54, 1.807) is 6.92 Å². The third-order valence-electron chi connectivity index (χ3n) is 3.73. The minimum atomic E-state index is -0.619. The van der Waals surface area contributed by atoms with Crippen molar-refractivity contribution in [3.63, 3.8) is 0 Å². The SMILES string of the molecule is CCOC(=O)c1c(N(C)CC2CCC2)sc(C(N)=O)c1N.